The van der Waals surface area contributed by atoms with E-state index in [4.69, 9.17) is 16.0 Å². The smallest absolute Gasteiger partial charge is 0.290 e. The van der Waals surface area contributed by atoms with Crippen molar-refractivity contribution < 1.29 is 19.1 Å². The average Bonchev–Trinajstić information content (AvgIpc) is 3.10. The fourth-order valence-corrected chi connectivity index (χ4v) is 2.86. The predicted octanol–water partition coefficient (Wildman–Crippen LogP) is 3.42. The number of ketones is 1. The van der Waals surface area contributed by atoms with Gasteiger partial charge in [-0.05, 0) is 36.8 Å². The van der Waals surface area contributed by atoms with Crippen molar-refractivity contribution in [2.75, 3.05) is 0 Å². The standard InChI is InChI=1S/C17H14ClNO4/c1-10(20)14-15(11-4-6-12(18)7-5-11)19(17(22)16(14)21)9-13-3-2-8-23-13/h2-8,15,21H,9H2,1H3. The van der Waals surface area contributed by atoms with Gasteiger partial charge >= 0.3 is 0 Å². The molecule has 0 saturated carbocycles. The number of furan rings is 1. The van der Waals surface area contributed by atoms with Crippen molar-refractivity contribution in [3.63, 3.8) is 0 Å². The molecule has 118 valence electrons. The van der Waals surface area contributed by atoms with Gasteiger partial charge < -0.3 is 14.4 Å². The van der Waals surface area contributed by atoms with Crippen LogP contribution in [0.4, 0.5) is 0 Å². The molecule has 3 rings (SSSR count). The summed E-state index contributed by atoms with van der Waals surface area (Å²) in [5, 5.41) is 10.7. The Morgan fingerprint density at radius 3 is 2.57 bits per heavy atom. The summed E-state index contributed by atoms with van der Waals surface area (Å²) < 4.78 is 5.28. The van der Waals surface area contributed by atoms with E-state index in [1.54, 1.807) is 36.4 Å². The van der Waals surface area contributed by atoms with Crippen LogP contribution in [0.3, 0.4) is 0 Å². The monoisotopic (exact) mass is 331 g/mol. The fraction of sp³-hybridized carbons (Fsp3) is 0.176. The molecule has 1 atom stereocenters. The molecule has 5 nitrogen and oxygen atoms in total. The van der Waals surface area contributed by atoms with Gasteiger partial charge in [0.15, 0.2) is 11.5 Å². The van der Waals surface area contributed by atoms with Gasteiger partial charge in [0.05, 0.1) is 24.4 Å². The largest absolute Gasteiger partial charge is 0.503 e. The van der Waals surface area contributed by atoms with Crippen LogP contribution in [0.1, 0.15) is 24.3 Å². The molecular formula is C17H14ClNO4. The van der Waals surface area contributed by atoms with Gasteiger partial charge in [-0.15, -0.1) is 0 Å². The van der Waals surface area contributed by atoms with Gasteiger partial charge in [-0.1, -0.05) is 23.7 Å². The summed E-state index contributed by atoms with van der Waals surface area (Å²) in [4.78, 5) is 25.8. The molecule has 1 amide bonds. The number of carbonyl (C=O) groups excluding carboxylic acids is 2. The minimum Gasteiger partial charge on any atom is -0.503 e. The predicted molar refractivity (Wildman–Crippen MR) is 83.8 cm³/mol. The number of aliphatic hydroxyl groups excluding tert-OH is 1. The zero-order valence-electron chi connectivity index (χ0n) is 12.3. The molecule has 0 fully saturated rings. The van der Waals surface area contributed by atoms with E-state index < -0.39 is 17.7 Å². The molecule has 23 heavy (non-hydrogen) atoms. The highest BCUT2D eigenvalue weighted by Gasteiger charge is 2.42. The van der Waals surface area contributed by atoms with Crippen LogP contribution in [0.5, 0.6) is 0 Å². The van der Waals surface area contributed by atoms with E-state index in [1.165, 1.54) is 18.1 Å². The molecule has 2 aromatic rings. The molecule has 0 aliphatic carbocycles. The zero-order chi connectivity index (χ0) is 16.6. The van der Waals surface area contributed by atoms with Crippen LogP contribution in [0.25, 0.3) is 0 Å². The normalized spacial score (nSPS) is 17.9. The first kappa shape index (κ1) is 15.4. The third-order valence-electron chi connectivity index (χ3n) is 3.77. The molecule has 0 radical (unpaired) electrons. The van der Waals surface area contributed by atoms with Gasteiger partial charge in [-0.25, -0.2) is 0 Å². The van der Waals surface area contributed by atoms with E-state index in [0.29, 0.717) is 16.3 Å². The summed E-state index contributed by atoms with van der Waals surface area (Å²) in [5.74, 6) is -0.886. The highest BCUT2D eigenvalue weighted by atomic mass is 35.5. The Balaban J connectivity index is 2.05. The number of rotatable bonds is 4. The van der Waals surface area contributed by atoms with Crippen molar-refractivity contribution in [2.45, 2.75) is 19.5 Å². The van der Waals surface area contributed by atoms with Crippen LogP contribution in [0.15, 0.2) is 58.4 Å². The summed E-state index contributed by atoms with van der Waals surface area (Å²) in [6.45, 7) is 1.48. The van der Waals surface area contributed by atoms with Gasteiger partial charge in [0.25, 0.3) is 5.91 Å². The fourth-order valence-electron chi connectivity index (χ4n) is 2.74. The Bertz CT molecular complexity index is 777. The molecule has 1 aliphatic heterocycles. The first-order chi connectivity index (χ1) is 11.0. The van der Waals surface area contributed by atoms with Gasteiger partial charge in [-0.3, -0.25) is 9.59 Å². The Labute approximate surface area is 137 Å². The van der Waals surface area contributed by atoms with Gasteiger partial charge in [-0.2, -0.15) is 0 Å². The number of Topliss-reactive ketones (excluding diaryl/α,β-unsaturated/α-hetero) is 1. The first-order valence-electron chi connectivity index (χ1n) is 7.02. The van der Waals surface area contributed by atoms with Crippen LogP contribution < -0.4 is 0 Å². The Morgan fingerprint density at radius 1 is 1.30 bits per heavy atom. The van der Waals surface area contributed by atoms with E-state index >= 15 is 0 Å². The highest BCUT2D eigenvalue weighted by Crippen LogP contribution is 2.38. The van der Waals surface area contributed by atoms with Crippen LogP contribution in [0, 0.1) is 0 Å². The van der Waals surface area contributed by atoms with E-state index in [-0.39, 0.29) is 17.9 Å². The SMILES string of the molecule is CC(=O)C1=C(O)C(=O)N(Cc2ccco2)C1c1ccc(Cl)cc1. The van der Waals surface area contributed by atoms with Crippen LogP contribution in [-0.4, -0.2) is 21.7 Å². The van der Waals surface area contributed by atoms with Gasteiger partial charge in [0.1, 0.15) is 5.76 Å². The minimum absolute atomic E-state index is 0.0869. The van der Waals surface area contributed by atoms with E-state index in [9.17, 15) is 14.7 Å². The van der Waals surface area contributed by atoms with E-state index in [2.05, 4.69) is 0 Å². The zero-order valence-corrected chi connectivity index (χ0v) is 13.1. The third kappa shape index (κ3) is 2.75. The highest BCUT2D eigenvalue weighted by molar-refractivity contribution is 6.30. The second-order valence-corrected chi connectivity index (χ2v) is 5.72. The number of carbonyl (C=O) groups is 2. The lowest BCUT2D eigenvalue weighted by molar-refractivity contribution is -0.130. The molecule has 6 heteroatoms. The molecule has 1 N–H and O–H groups in total. The topological polar surface area (TPSA) is 70.8 Å². The molecule has 0 saturated heterocycles. The summed E-state index contributed by atoms with van der Waals surface area (Å²) in [6, 6.07) is 9.61. The van der Waals surface area contributed by atoms with Crippen molar-refractivity contribution in [3.8, 4) is 0 Å². The van der Waals surface area contributed by atoms with Gasteiger partial charge in [0, 0.05) is 5.02 Å². The molecule has 1 aromatic heterocycles. The molecule has 1 unspecified atom stereocenters. The summed E-state index contributed by atoms with van der Waals surface area (Å²) in [7, 11) is 0. The molecule has 2 heterocycles. The molecular weight excluding hydrogens is 318 g/mol. The summed E-state index contributed by atoms with van der Waals surface area (Å²) in [5.41, 5.74) is 0.785. The number of aliphatic hydroxyl groups is 1. The molecule has 0 spiro atoms. The summed E-state index contributed by atoms with van der Waals surface area (Å²) >= 11 is 5.90. The van der Waals surface area contributed by atoms with Crippen LogP contribution in [0.2, 0.25) is 5.02 Å². The quantitative estimate of drug-likeness (QED) is 0.932. The lowest BCUT2D eigenvalue weighted by Crippen LogP contribution is -2.30. The third-order valence-corrected chi connectivity index (χ3v) is 4.03. The van der Waals surface area contributed by atoms with Crippen LogP contribution in [-0.2, 0) is 16.1 Å². The number of hydrogen-bond acceptors (Lipinski definition) is 4. The van der Waals surface area contributed by atoms with Gasteiger partial charge in [0.2, 0.25) is 0 Å². The first-order valence-corrected chi connectivity index (χ1v) is 7.39. The number of nitrogens with zero attached hydrogens (tertiary/aromatic N) is 1. The number of halogens is 1. The van der Waals surface area contributed by atoms with Crippen molar-refractivity contribution in [3.05, 3.63) is 70.3 Å². The van der Waals surface area contributed by atoms with Crippen molar-refractivity contribution in [2.24, 2.45) is 0 Å². The van der Waals surface area contributed by atoms with E-state index in [1.807, 2.05) is 0 Å². The second-order valence-electron chi connectivity index (χ2n) is 5.28. The van der Waals surface area contributed by atoms with E-state index in [0.717, 1.165) is 0 Å². The Hall–Kier alpha value is -2.53. The maximum atomic E-state index is 12.4. The van der Waals surface area contributed by atoms with Crippen molar-refractivity contribution in [1.82, 2.24) is 4.90 Å². The molecule has 1 aromatic carbocycles. The number of amides is 1. The minimum atomic E-state index is -0.664. The maximum Gasteiger partial charge on any atom is 0.290 e. The van der Waals surface area contributed by atoms with Crippen molar-refractivity contribution in [1.29, 1.82) is 0 Å². The number of benzene rings is 1. The lowest BCUT2D eigenvalue weighted by atomic mass is 9.97. The lowest BCUT2D eigenvalue weighted by Gasteiger charge is -2.25. The number of hydrogen-bond donors (Lipinski definition) is 1. The second kappa shape index (κ2) is 5.93. The molecule has 0 bridgehead atoms. The average molecular weight is 332 g/mol. The maximum absolute atomic E-state index is 12.4. The Kier molecular flexibility index (Phi) is 3.96. The van der Waals surface area contributed by atoms with Crippen molar-refractivity contribution >= 4 is 23.3 Å². The van der Waals surface area contributed by atoms with Crippen LogP contribution >= 0.6 is 11.6 Å². The summed E-state index contributed by atoms with van der Waals surface area (Å²) in [6.07, 6.45) is 1.51. The molecule has 1 aliphatic rings. The Morgan fingerprint density at radius 2 is 2.00 bits per heavy atom.